The summed E-state index contributed by atoms with van der Waals surface area (Å²) < 4.78 is 17.0. The van der Waals surface area contributed by atoms with Gasteiger partial charge in [0.15, 0.2) is 0 Å². The van der Waals surface area contributed by atoms with E-state index in [0.29, 0.717) is 22.7 Å². The predicted octanol–water partition coefficient (Wildman–Crippen LogP) is 1.68. The number of aromatic nitrogens is 1. The molecule has 22 heavy (non-hydrogen) atoms. The number of nitrogens with zero attached hydrogens (tertiary/aromatic N) is 1. The fourth-order valence-corrected chi connectivity index (χ4v) is 2.08. The molecule has 0 spiro atoms. The minimum atomic E-state index is -0.611. The van der Waals surface area contributed by atoms with Crippen LogP contribution in [0.2, 0.25) is 0 Å². The second-order valence-electron chi connectivity index (χ2n) is 6.30. The summed E-state index contributed by atoms with van der Waals surface area (Å²) in [4.78, 5) is 4.28. The summed E-state index contributed by atoms with van der Waals surface area (Å²) in [5.74, 6) is 0.347. The zero-order chi connectivity index (χ0) is 16.5. The lowest BCUT2D eigenvalue weighted by atomic mass is 9.78. The molecule has 1 fully saturated rings. The second-order valence-corrected chi connectivity index (χ2v) is 6.30. The van der Waals surface area contributed by atoms with Crippen LogP contribution in [0.25, 0.3) is 6.08 Å². The zero-order valence-electron chi connectivity index (χ0n) is 13.7. The van der Waals surface area contributed by atoms with Gasteiger partial charge in [-0.2, -0.15) is 0 Å². The molecule has 0 radical (unpaired) electrons. The van der Waals surface area contributed by atoms with Crippen molar-refractivity contribution in [3.63, 3.8) is 0 Å². The second kappa shape index (κ2) is 5.91. The molecule has 2 rings (SSSR count). The van der Waals surface area contributed by atoms with Crippen LogP contribution >= 0.6 is 0 Å². The SMILES string of the molecule is COc1nc(C=C(CO)B2OC(C)(C)C(C)(C)O2)ccc1N. The molecule has 7 heteroatoms. The summed E-state index contributed by atoms with van der Waals surface area (Å²) in [6, 6.07) is 3.45. The van der Waals surface area contributed by atoms with Crippen molar-refractivity contribution in [1.29, 1.82) is 0 Å². The zero-order valence-corrected chi connectivity index (χ0v) is 13.7. The van der Waals surface area contributed by atoms with E-state index in [1.165, 1.54) is 7.11 Å². The molecule has 1 aromatic rings. The predicted molar refractivity (Wildman–Crippen MR) is 86.3 cm³/mol. The third kappa shape index (κ3) is 3.11. The third-order valence-corrected chi connectivity index (χ3v) is 4.18. The van der Waals surface area contributed by atoms with Gasteiger partial charge in [0.25, 0.3) is 0 Å². The smallest absolute Gasteiger partial charge is 0.480 e. The first-order valence-corrected chi connectivity index (χ1v) is 7.17. The number of hydrogen-bond donors (Lipinski definition) is 2. The number of aliphatic hydroxyl groups excluding tert-OH is 1. The van der Waals surface area contributed by atoms with Crippen LogP contribution in [-0.4, -0.2) is 42.1 Å². The monoisotopic (exact) mass is 306 g/mol. The Kier molecular flexibility index (Phi) is 4.51. The van der Waals surface area contributed by atoms with E-state index in [1.807, 2.05) is 27.7 Å². The fraction of sp³-hybridized carbons (Fsp3) is 0.533. The van der Waals surface area contributed by atoms with Gasteiger partial charge in [0, 0.05) is 0 Å². The van der Waals surface area contributed by atoms with Crippen LogP contribution in [0.3, 0.4) is 0 Å². The number of ether oxygens (including phenoxy) is 1. The number of methoxy groups -OCH3 is 1. The van der Waals surface area contributed by atoms with E-state index in [9.17, 15) is 5.11 Å². The standard InChI is InChI=1S/C15H23BN2O4/c1-14(2)15(3,4)22-16(21-14)10(9-19)8-11-6-7-12(17)13(18-11)20-5/h6-8,19H,9,17H2,1-5H3. The molecule has 0 unspecified atom stereocenters. The summed E-state index contributed by atoms with van der Waals surface area (Å²) in [7, 11) is 0.897. The van der Waals surface area contributed by atoms with Gasteiger partial charge in [0.1, 0.15) is 0 Å². The molecule has 1 aliphatic rings. The third-order valence-electron chi connectivity index (χ3n) is 4.18. The van der Waals surface area contributed by atoms with Crippen molar-refractivity contribution < 1.29 is 19.2 Å². The van der Waals surface area contributed by atoms with E-state index in [0.717, 1.165) is 0 Å². The van der Waals surface area contributed by atoms with Gasteiger partial charge in [-0.15, -0.1) is 0 Å². The molecule has 0 bridgehead atoms. The average molecular weight is 306 g/mol. The fourth-order valence-electron chi connectivity index (χ4n) is 2.08. The van der Waals surface area contributed by atoms with Crippen molar-refractivity contribution in [3.8, 4) is 5.88 Å². The summed E-state index contributed by atoms with van der Waals surface area (Å²) in [6.07, 6.45) is 1.73. The Morgan fingerprint density at radius 1 is 1.32 bits per heavy atom. The molecule has 0 atom stereocenters. The van der Waals surface area contributed by atoms with E-state index in [2.05, 4.69) is 4.98 Å². The number of hydrogen-bond acceptors (Lipinski definition) is 6. The van der Waals surface area contributed by atoms with Gasteiger partial charge < -0.3 is 24.9 Å². The molecule has 0 aliphatic carbocycles. The first-order valence-electron chi connectivity index (χ1n) is 7.17. The summed E-state index contributed by atoms with van der Waals surface area (Å²) in [6.45, 7) is 7.67. The Hall–Kier alpha value is -1.57. The highest BCUT2D eigenvalue weighted by atomic mass is 16.7. The minimum absolute atomic E-state index is 0.189. The molecule has 2 heterocycles. The normalized spacial score (nSPS) is 20.3. The number of aliphatic hydroxyl groups is 1. The molecule has 6 nitrogen and oxygen atoms in total. The van der Waals surface area contributed by atoms with Crippen molar-refractivity contribution in [2.75, 3.05) is 19.5 Å². The van der Waals surface area contributed by atoms with Gasteiger partial charge in [-0.05, 0) is 51.4 Å². The average Bonchev–Trinajstić information content (AvgIpc) is 2.66. The first-order chi connectivity index (χ1) is 10.2. The maximum Gasteiger partial charge on any atom is 0.492 e. The molecular weight excluding hydrogens is 283 g/mol. The molecule has 1 aromatic heterocycles. The quantitative estimate of drug-likeness (QED) is 0.823. The van der Waals surface area contributed by atoms with Gasteiger partial charge >= 0.3 is 7.12 Å². The molecule has 0 aromatic carbocycles. The number of anilines is 1. The maximum absolute atomic E-state index is 9.66. The van der Waals surface area contributed by atoms with Crippen LogP contribution in [0.1, 0.15) is 33.4 Å². The van der Waals surface area contributed by atoms with Crippen molar-refractivity contribution >= 4 is 18.9 Å². The largest absolute Gasteiger partial charge is 0.492 e. The van der Waals surface area contributed by atoms with E-state index in [1.54, 1.807) is 18.2 Å². The molecule has 0 saturated carbocycles. The Balaban J connectivity index is 2.29. The van der Waals surface area contributed by atoms with Crippen LogP contribution in [0.5, 0.6) is 5.88 Å². The lowest BCUT2D eigenvalue weighted by molar-refractivity contribution is 0.00578. The molecular formula is C15H23BN2O4. The molecule has 1 aliphatic heterocycles. The number of rotatable bonds is 4. The van der Waals surface area contributed by atoms with Crippen molar-refractivity contribution in [2.24, 2.45) is 0 Å². The van der Waals surface area contributed by atoms with Crippen molar-refractivity contribution in [1.82, 2.24) is 4.98 Å². The lowest BCUT2D eigenvalue weighted by Gasteiger charge is -2.32. The van der Waals surface area contributed by atoms with Crippen LogP contribution < -0.4 is 10.5 Å². The Morgan fingerprint density at radius 3 is 2.41 bits per heavy atom. The molecule has 1 saturated heterocycles. The highest BCUT2D eigenvalue weighted by Gasteiger charge is 2.52. The highest BCUT2D eigenvalue weighted by Crippen LogP contribution is 2.38. The van der Waals surface area contributed by atoms with E-state index in [4.69, 9.17) is 19.8 Å². The Labute approximate surface area is 131 Å². The minimum Gasteiger partial charge on any atom is -0.480 e. The Morgan fingerprint density at radius 2 is 1.91 bits per heavy atom. The number of nitrogens with two attached hydrogens (primary N) is 1. The molecule has 120 valence electrons. The van der Waals surface area contributed by atoms with Crippen molar-refractivity contribution in [3.05, 3.63) is 23.3 Å². The van der Waals surface area contributed by atoms with Gasteiger partial charge in [-0.3, -0.25) is 0 Å². The summed E-state index contributed by atoms with van der Waals surface area (Å²) >= 11 is 0. The van der Waals surface area contributed by atoms with Gasteiger partial charge in [0.05, 0.1) is 36.3 Å². The van der Waals surface area contributed by atoms with Crippen LogP contribution in [0.4, 0.5) is 5.69 Å². The number of nitrogen functional groups attached to an aromatic ring is 1. The van der Waals surface area contributed by atoms with E-state index >= 15 is 0 Å². The maximum atomic E-state index is 9.66. The van der Waals surface area contributed by atoms with E-state index < -0.39 is 18.3 Å². The molecule has 0 amide bonds. The Bertz CT molecular complexity index is 571. The van der Waals surface area contributed by atoms with Crippen LogP contribution in [0.15, 0.2) is 17.6 Å². The van der Waals surface area contributed by atoms with Gasteiger partial charge in [-0.1, -0.05) is 0 Å². The van der Waals surface area contributed by atoms with Crippen LogP contribution in [-0.2, 0) is 9.31 Å². The molecule has 3 N–H and O–H groups in total. The van der Waals surface area contributed by atoms with E-state index in [-0.39, 0.29) is 6.61 Å². The lowest BCUT2D eigenvalue weighted by Crippen LogP contribution is -2.41. The topological polar surface area (TPSA) is 86.8 Å². The summed E-state index contributed by atoms with van der Waals surface area (Å²) in [5, 5.41) is 9.66. The summed E-state index contributed by atoms with van der Waals surface area (Å²) in [5.41, 5.74) is 6.50. The van der Waals surface area contributed by atoms with Crippen LogP contribution in [0, 0.1) is 0 Å². The first kappa shape index (κ1) is 16.8. The van der Waals surface area contributed by atoms with Gasteiger partial charge in [0.2, 0.25) is 5.88 Å². The van der Waals surface area contributed by atoms with Crippen molar-refractivity contribution in [2.45, 2.75) is 38.9 Å². The van der Waals surface area contributed by atoms with Gasteiger partial charge in [-0.25, -0.2) is 4.98 Å². The number of pyridine rings is 1. The highest BCUT2D eigenvalue weighted by molar-refractivity contribution is 6.55.